The zero-order valence-corrected chi connectivity index (χ0v) is 18.5. The quantitative estimate of drug-likeness (QED) is 0.623. The predicted molar refractivity (Wildman–Crippen MR) is 118 cm³/mol. The highest BCUT2D eigenvalue weighted by molar-refractivity contribution is 5.97. The van der Waals surface area contributed by atoms with Crippen LogP contribution in [-0.4, -0.2) is 73.8 Å². The van der Waals surface area contributed by atoms with Gasteiger partial charge in [0.1, 0.15) is 0 Å². The van der Waals surface area contributed by atoms with Gasteiger partial charge in [-0.1, -0.05) is 17.3 Å². The van der Waals surface area contributed by atoms with Gasteiger partial charge >= 0.3 is 0 Å². The normalized spacial score (nSPS) is 19.0. The van der Waals surface area contributed by atoms with E-state index in [2.05, 4.69) is 15.2 Å². The molecule has 0 unspecified atom stereocenters. The second-order valence-corrected chi connectivity index (χ2v) is 8.82. The van der Waals surface area contributed by atoms with Crippen molar-refractivity contribution in [2.24, 2.45) is 0 Å². The lowest BCUT2D eigenvalue weighted by Crippen LogP contribution is -2.48. The third-order valence-corrected chi connectivity index (χ3v) is 6.90. The smallest absolute Gasteiger partial charge is 0.244 e. The van der Waals surface area contributed by atoms with Gasteiger partial charge in [-0.2, -0.15) is 10.1 Å². The van der Waals surface area contributed by atoms with E-state index >= 15 is 0 Å². The van der Waals surface area contributed by atoms with Crippen LogP contribution in [0.15, 0.2) is 28.9 Å². The number of rotatable bonds is 3. The highest BCUT2D eigenvalue weighted by Gasteiger charge is 2.31. The fraction of sp³-hybridized carbons (Fsp3) is 0.522. The van der Waals surface area contributed by atoms with Crippen LogP contribution in [0.3, 0.4) is 0 Å². The third-order valence-electron chi connectivity index (χ3n) is 6.90. The summed E-state index contributed by atoms with van der Waals surface area (Å²) in [5.74, 6) is 1.52. The summed E-state index contributed by atoms with van der Waals surface area (Å²) in [6.45, 7) is 6.88. The largest absolute Gasteiger partial charge is 0.343 e. The van der Waals surface area contributed by atoms with Gasteiger partial charge in [-0.05, 0) is 44.8 Å². The summed E-state index contributed by atoms with van der Waals surface area (Å²) in [7, 11) is 0. The number of hydrogen-bond acceptors (Lipinski definition) is 7. The molecule has 0 bridgehead atoms. The van der Waals surface area contributed by atoms with Gasteiger partial charge in [0.15, 0.2) is 0 Å². The number of aromatic nitrogens is 4. The van der Waals surface area contributed by atoms with Crippen LogP contribution in [0.25, 0.3) is 22.3 Å². The number of carbonyl (C=O) groups is 2. The maximum Gasteiger partial charge on any atom is 0.244 e. The first-order valence-corrected chi connectivity index (χ1v) is 11.3. The molecule has 4 heterocycles. The van der Waals surface area contributed by atoms with Crippen LogP contribution in [0.5, 0.6) is 0 Å². The Labute approximate surface area is 186 Å². The van der Waals surface area contributed by atoms with Gasteiger partial charge in [0.05, 0.1) is 11.7 Å². The summed E-state index contributed by atoms with van der Waals surface area (Å²) in [6.07, 6.45) is 5.75. The number of fused-ring (bicyclic) bond motifs is 1. The molecule has 0 N–H and O–H groups in total. The fourth-order valence-corrected chi connectivity index (χ4v) is 5.06. The Morgan fingerprint density at radius 1 is 1.00 bits per heavy atom. The van der Waals surface area contributed by atoms with Crippen LogP contribution < -0.4 is 0 Å². The van der Waals surface area contributed by atoms with Crippen molar-refractivity contribution in [3.8, 4) is 11.4 Å². The topological polar surface area (TPSA) is 97.4 Å². The maximum absolute atomic E-state index is 11.8. The lowest BCUT2D eigenvalue weighted by Gasteiger charge is -2.41. The fourth-order valence-electron chi connectivity index (χ4n) is 5.06. The summed E-state index contributed by atoms with van der Waals surface area (Å²) in [5, 5.41) is 9.27. The van der Waals surface area contributed by atoms with E-state index in [9.17, 15) is 9.59 Å². The Balaban J connectivity index is 1.25. The van der Waals surface area contributed by atoms with Crippen molar-refractivity contribution in [3.05, 3.63) is 30.3 Å². The molecule has 0 radical (unpaired) electrons. The first kappa shape index (κ1) is 20.8. The minimum Gasteiger partial charge on any atom is -0.343 e. The Hall–Kier alpha value is -3.07. The van der Waals surface area contributed by atoms with Crippen molar-refractivity contribution in [2.45, 2.75) is 51.5 Å². The molecule has 9 nitrogen and oxygen atoms in total. The van der Waals surface area contributed by atoms with Gasteiger partial charge < -0.3 is 14.3 Å². The molecule has 3 aromatic rings. The SMILES string of the molecule is CC(=O)N1CCC(N2CCC(c3nc(-c4cccc5c4cnn5C(C)=O)no3)CC2)CC1. The van der Waals surface area contributed by atoms with E-state index in [0.29, 0.717) is 17.8 Å². The number of carbonyl (C=O) groups excluding carboxylic acids is 2. The van der Waals surface area contributed by atoms with E-state index < -0.39 is 0 Å². The zero-order chi connectivity index (χ0) is 22.2. The van der Waals surface area contributed by atoms with Crippen molar-refractivity contribution < 1.29 is 14.1 Å². The zero-order valence-electron chi connectivity index (χ0n) is 18.5. The van der Waals surface area contributed by atoms with Gasteiger partial charge in [0.25, 0.3) is 0 Å². The molecule has 32 heavy (non-hydrogen) atoms. The minimum absolute atomic E-state index is 0.135. The minimum atomic E-state index is -0.135. The molecule has 0 aliphatic carbocycles. The van der Waals surface area contributed by atoms with Gasteiger partial charge in [0, 0.05) is 49.8 Å². The lowest BCUT2D eigenvalue weighted by atomic mass is 9.93. The van der Waals surface area contributed by atoms with E-state index in [1.165, 1.54) is 11.6 Å². The van der Waals surface area contributed by atoms with E-state index in [0.717, 1.165) is 68.3 Å². The summed E-state index contributed by atoms with van der Waals surface area (Å²) in [5.41, 5.74) is 1.56. The Morgan fingerprint density at radius 3 is 2.44 bits per heavy atom. The molecule has 0 atom stereocenters. The lowest BCUT2D eigenvalue weighted by molar-refractivity contribution is -0.130. The number of benzene rings is 1. The molecule has 2 saturated heterocycles. The monoisotopic (exact) mass is 436 g/mol. The van der Waals surface area contributed by atoms with Crippen molar-refractivity contribution in [3.63, 3.8) is 0 Å². The Morgan fingerprint density at radius 2 is 1.75 bits per heavy atom. The molecule has 168 valence electrons. The van der Waals surface area contributed by atoms with Crippen LogP contribution in [-0.2, 0) is 4.79 Å². The number of likely N-dealkylation sites (tertiary alicyclic amines) is 2. The Kier molecular flexibility index (Phi) is 5.50. The standard InChI is InChI=1S/C23H28N6O3/c1-15(30)27-12-8-18(9-13-27)28-10-6-17(7-11-28)23-25-22(26-32-23)19-4-3-5-21-20(19)14-24-29(21)16(2)31/h3-5,14,17-18H,6-13H2,1-2H3. The average molecular weight is 437 g/mol. The molecule has 2 fully saturated rings. The second-order valence-electron chi connectivity index (χ2n) is 8.82. The van der Waals surface area contributed by atoms with Crippen molar-refractivity contribution in [2.75, 3.05) is 26.2 Å². The summed E-state index contributed by atoms with van der Waals surface area (Å²) < 4.78 is 7.05. The average Bonchev–Trinajstić information content (AvgIpc) is 3.47. The molecule has 0 spiro atoms. The van der Waals surface area contributed by atoms with E-state index in [-0.39, 0.29) is 17.7 Å². The van der Waals surface area contributed by atoms with Crippen LogP contribution in [0.2, 0.25) is 0 Å². The Bertz CT molecular complexity index is 1140. The molecule has 2 aromatic heterocycles. The van der Waals surface area contributed by atoms with E-state index in [1.807, 2.05) is 23.1 Å². The van der Waals surface area contributed by atoms with Crippen LogP contribution in [0.4, 0.5) is 0 Å². The number of amides is 1. The number of hydrogen-bond donors (Lipinski definition) is 0. The van der Waals surface area contributed by atoms with Crippen molar-refractivity contribution in [1.82, 2.24) is 29.7 Å². The second kappa shape index (κ2) is 8.46. The summed E-state index contributed by atoms with van der Waals surface area (Å²) in [6, 6.07) is 6.23. The van der Waals surface area contributed by atoms with Gasteiger partial charge in [0.2, 0.25) is 23.5 Å². The van der Waals surface area contributed by atoms with Crippen LogP contribution >= 0.6 is 0 Å². The van der Waals surface area contributed by atoms with Crippen LogP contribution in [0, 0.1) is 0 Å². The van der Waals surface area contributed by atoms with Crippen molar-refractivity contribution >= 4 is 22.7 Å². The molecule has 5 rings (SSSR count). The number of piperidine rings is 2. The predicted octanol–water partition coefficient (Wildman–Crippen LogP) is 2.94. The van der Waals surface area contributed by atoms with E-state index in [1.54, 1.807) is 13.1 Å². The van der Waals surface area contributed by atoms with Gasteiger partial charge in [-0.15, -0.1) is 0 Å². The third kappa shape index (κ3) is 3.81. The summed E-state index contributed by atoms with van der Waals surface area (Å²) >= 11 is 0. The highest BCUT2D eigenvalue weighted by Crippen LogP contribution is 2.32. The first-order valence-electron chi connectivity index (χ1n) is 11.3. The van der Waals surface area contributed by atoms with E-state index in [4.69, 9.17) is 9.51 Å². The highest BCUT2D eigenvalue weighted by atomic mass is 16.5. The van der Waals surface area contributed by atoms with Crippen LogP contribution in [0.1, 0.15) is 56.1 Å². The van der Waals surface area contributed by atoms with Gasteiger partial charge in [-0.3, -0.25) is 9.59 Å². The molecule has 1 aromatic carbocycles. The first-order chi connectivity index (χ1) is 15.5. The number of nitrogens with zero attached hydrogens (tertiary/aromatic N) is 6. The molecule has 2 aliphatic rings. The molecule has 9 heteroatoms. The molecule has 0 saturated carbocycles. The summed E-state index contributed by atoms with van der Waals surface area (Å²) in [4.78, 5) is 32.6. The maximum atomic E-state index is 11.8. The molecule has 1 amide bonds. The molecule has 2 aliphatic heterocycles. The molecular weight excluding hydrogens is 408 g/mol. The molecular formula is C23H28N6O3. The van der Waals surface area contributed by atoms with Crippen molar-refractivity contribution in [1.29, 1.82) is 0 Å². The van der Waals surface area contributed by atoms with Gasteiger partial charge in [-0.25, -0.2) is 4.68 Å².